The van der Waals surface area contributed by atoms with E-state index in [0.29, 0.717) is 31.3 Å². The molecule has 2 aromatic heterocycles. The summed E-state index contributed by atoms with van der Waals surface area (Å²) in [5, 5.41) is 7.01. The SMILES string of the molecule is F[C@@H]1CN[C@@H](c2nc(-c3ccc(OCc4cccnc4)cc3)no2)C1. The monoisotopic (exact) mass is 340 g/mol. The first-order valence-electron chi connectivity index (χ1n) is 8.11. The van der Waals surface area contributed by atoms with E-state index in [-0.39, 0.29) is 6.04 Å². The number of pyridine rings is 1. The van der Waals surface area contributed by atoms with Gasteiger partial charge in [0.25, 0.3) is 0 Å². The average molecular weight is 340 g/mol. The minimum Gasteiger partial charge on any atom is -0.489 e. The number of hydrogen-bond acceptors (Lipinski definition) is 6. The van der Waals surface area contributed by atoms with Crippen LogP contribution in [0.3, 0.4) is 0 Å². The van der Waals surface area contributed by atoms with E-state index in [0.717, 1.165) is 16.9 Å². The van der Waals surface area contributed by atoms with E-state index in [9.17, 15) is 4.39 Å². The van der Waals surface area contributed by atoms with E-state index >= 15 is 0 Å². The van der Waals surface area contributed by atoms with Gasteiger partial charge >= 0.3 is 0 Å². The zero-order valence-electron chi connectivity index (χ0n) is 13.4. The topological polar surface area (TPSA) is 73.1 Å². The highest BCUT2D eigenvalue weighted by molar-refractivity contribution is 5.55. The molecule has 0 bridgehead atoms. The van der Waals surface area contributed by atoms with Crippen LogP contribution in [0.5, 0.6) is 5.75 Å². The number of benzene rings is 1. The van der Waals surface area contributed by atoms with Gasteiger partial charge in [-0.3, -0.25) is 4.98 Å². The summed E-state index contributed by atoms with van der Waals surface area (Å²) in [7, 11) is 0. The van der Waals surface area contributed by atoms with Crippen LogP contribution in [0, 0.1) is 0 Å². The van der Waals surface area contributed by atoms with Gasteiger partial charge in [0.05, 0.1) is 6.04 Å². The van der Waals surface area contributed by atoms with Gasteiger partial charge in [-0.1, -0.05) is 11.2 Å². The number of alkyl halides is 1. The number of nitrogens with one attached hydrogen (secondary N) is 1. The van der Waals surface area contributed by atoms with Crippen LogP contribution in [0.25, 0.3) is 11.4 Å². The summed E-state index contributed by atoms with van der Waals surface area (Å²) in [5.74, 6) is 1.65. The van der Waals surface area contributed by atoms with Crippen LogP contribution in [0.2, 0.25) is 0 Å². The molecule has 0 amide bonds. The number of ether oxygens (including phenoxy) is 1. The molecule has 3 heterocycles. The van der Waals surface area contributed by atoms with Crippen molar-refractivity contribution in [2.45, 2.75) is 25.2 Å². The van der Waals surface area contributed by atoms with Crippen molar-refractivity contribution in [2.24, 2.45) is 0 Å². The molecule has 1 N–H and O–H groups in total. The van der Waals surface area contributed by atoms with Gasteiger partial charge in [-0.25, -0.2) is 4.39 Å². The lowest BCUT2D eigenvalue weighted by atomic mass is 10.2. The zero-order chi connectivity index (χ0) is 17.1. The molecular weight excluding hydrogens is 323 g/mol. The third-order valence-corrected chi connectivity index (χ3v) is 4.06. The Kier molecular flexibility index (Phi) is 4.39. The van der Waals surface area contributed by atoms with Gasteiger partial charge in [-0.2, -0.15) is 4.98 Å². The highest BCUT2D eigenvalue weighted by Gasteiger charge is 2.29. The minimum absolute atomic E-state index is 0.210. The van der Waals surface area contributed by atoms with Crippen LogP contribution >= 0.6 is 0 Å². The Morgan fingerprint density at radius 3 is 2.84 bits per heavy atom. The van der Waals surface area contributed by atoms with Gasteiger partial charge in [-0.05, 0) is 30.3 Å². The molecule has 0 radical (unpaired) electrons. The molecular formula is C18H17FN4O2. The standard InChI is InChI=1S/C18H17FN4O2/c19-14-8-16(21-10-14)18-22-17(23-25-18)13-3-5-15(6-4-13)24-11-12-2-1-7-20-9-12/h1-7,9,14,16,21H,8,10-11H2/t14-,16+/m0/s1. The third-order valence-electron chi connectivity index (χ3n) is 4.06. The minimum atomic E-state index is -0.864. The molecule has 0 spiro atoms. The second kappa shape index (κ2) is 6.98. The lowest BCUT2D eigenvalue weighted by molar-refractivity contribution is 0.306. The highest BCUT2D eigenvalue weighted by Crippen LogP contribution is 2.26. The van der Waals surface area contributed by atoms with Gasteiger partial charge in [0, 0.05) is 36.5 Å². The van der Waals surface area contributed by atoms with E-state index < -0.39 is 6.17 Å². The number of rotatable bonds is 5. The molecule has 4 rings (SSSR count). The first-order valence-corrected chi connectivity index (χ1v) is 8.11. The molecule has 1 fully saturated rings. The van der Waals surface area contributed by atoms with Crippen LogP contribution in [0.1, 0.15) is 23.9 Å². The van der Waals surface area contributed by atoms with E-state index in [1.54, 1.807) is 12.4 Å². The lowest BCUT2D eigenvalue weighted by Gasteiger charge is -2.06. The number of nitrogens with zero attached hydrogens (tertiary/aromatic N) is 3. The Labute approximate surface area is 144 Å². The van der Waals surface area contributed by atoms with Gasteiger partial charge < -0.3 is 14.6 Å². The summed E-state index contributed by atoms with van der Waals surface area (Å²) in [6.45, 7) is 0.780. The summed E-state index contributed by atoms with van der Waals surface area (Å²) in [6.07, 6.45) is 3.00. The van der Waals surface area contributed by atoms with Gasteiger partial charge in [-0.15, -0.1) is 0 Å². The third kappa shape index (κ3) is 3.66. The van der Waals surface area contributed by atoms with E-state index in [4.69, 9.17) is 9.26 Å². The van der Waals surface area contributed by atoms with Crippen molar-refractivity contribution in [1.29, 1.82) is 0 Å². The molecule has 0 aliphatic carbocycles. The molecule has 3 aromatic rings. The number of halogens is 1. The lowest BCUT2D eigenvalue weighted by Crippen LogP contribution is -2.14. The molecule has 7 heteroatoms. The maximum Gasteiger partial charge on any atom is 0.244 e. The molecule has 0 unspecified atom stereocenters. The fourth-order valence-corrected chi connectivity index (χ4v) is 2.73. The van der Waals surface area contributed by atoms with Gasteiger partial charge in [0.2, 0.25) is 11.7 Å². The predicted molar refractivity (Wildman–Crippen MR) is 88.6 cm³/mol. The zero-order valence-corrected chi connectivity index (χ0v) is 13.4. The van der Waals surface area contributed by atoms with Crippen LogP contribution in [-0.4, -0.2) is 27.8 Å². The van der Waals surface area contributed by atoms with Crippen LogP contribution < -0.4 is 10.1 Å². The molecule has 1 aliphatic rings. The molecule has 128 valence electrons. The van der Waals surface area contributed by atoms with E-state index in [2.05, 4.69) is 20.4 Å². The molecule has 1 aliphatic heterocycles. The van der Waals surface area contributed by atoms with Crippen molar-refractivity contribution < 1.29 is 13.7 Å². The molecule has 25 heavy (non-hydrogen) atoms. The smallest absolute Gasteiger partial charge is 0.244 e. The molecule has 2 atom stereocenters. The molecule has 1 saturated heterocycles. The summed E-state index contributed by atoms with van der Waals surface area (Å²) < 4.78 is 24.2. The normalized spacial score (nSPS) is 19.9. The molecule has 6 nitrogen and oxygen atoms in total. The number of aromatic nitrogens is 3. The van der Waals surface area contributed by atoms with Crippen molar-refractivity contribution in [1.82, 2.24) is 20.4 Å². The maximum absolute atomic E-state index is 13.3. The first-order chi connectivity index (χ1) is 12.3. The maximum atomic E-state index is 13.3. The molecule has 1 aromatic carbocycles. The van der Waals surface area contributed by atoms with E-state index in [1.807, 2.05) is 36.4 Å². The number of hydrogen-bond donors (Lipinski definition) is 1. The van der Waals surface area contributed by atoms with Gasteiger partial charge in [0.1, 0.15) is 18.5 Å². The predicted octanol–water partition coefficient (Wildman–Crippen LogP) is 3.08. The summed E-state index contributed by atoms with van der Waals surface area (Å²) in [5.41, 5.74) is 1.82. The summed E-state index contributed by atoms with van der Waals surface area (Å²) in [6, 6.07) is 11.1. The van der Waals surface area contributed by atoms with Crippen molar-refractivity contribution in [3.63, 3.8) is 0 Å². The fourth-order valence-electron chi connectivity index (χ4n) is 2.73. The quantitative estimate of drug-likeness (QED) is 0.769. The Morgan fingerprint density at radius 2 is 2.12 bits per heavy atom. The van der Waals surface area contributed by atoms with Crippen molar-refractivity contribution in [3.8, 4) is 17.1 Å². The summed E-state index contributed by atoms with van der Waals surface area (Å²) in [4.78, 5) is 8.42. The largest absolute Gasteiger partial charge is 0.489 e. The first kappa shape index (κ1) is 15.7. The van der Waals surface area contributed by atoms with Crippen molar-refractivity contribution in [3.05, 3.63) is 60.2 Å². The fraction of sp³-hybridized carbons (Fsp3) is 0.278. The van der Waals surface area contributed by atoms with Crippen molar-refractivity contribution >= 4 is 0 Å². The van der Waals surface area contributed by atoms with Gasteiger partial charge in [0.15, 0.2) is 0 Å². The Morgan fingerprint density at radius 1 is 1.24 bits per heavy atom. The Balaban J connectivity index is 1.41. The Hall–Kier alpha value is -2.80. The second-order valence-corrected chi connectivity index (χ2v) is 5.92. The van der Waals surface area contributed by atoms with E-state index in [1.165, 1.54) is 0 Å². The average Bonchev–Trinajstić information content (AvgIpc) is 3.30. The van der Waals surface area contributed by atoms with Crippen LogP contribution in [0.15, 0.2) is 53.3 Å². The van der Waals surface area contributed by atoms with Crippen LogP contribution in [-0.2, 0) is 6.61 Å². The molecule has 0 saturated carbocycles. The van der Waals surface area contributed by atoms with Crippen LogP contribution in [0.4, 0.5) is 4.39 Å². The second-order valence-electron chi connectivity index (χ2n) is 5.92. The van der Waals surface area contributed by atoms with Crippen molar-refractivity contribution in [2.75, 3.05) is 6.54 Å². The highest BCUT2D eigenvalue weighted by atomic mass is 19.1. The Bertz CT molecular complexity index is 823. The summed E-state index contributed by atoms with van der Waals surface area (Å²) >= 11 is 0.